The zero-order valence-electron chi connectivity index (χ0n) is 5.01. The average molecular weight is 203 g/mol. The molecular weight excluding hydrogens is 197 g/mol. The highest BCUT2D eigenvalue weighted by Gasteiger charge is 2.32. The lowest BCUT2D eigenvalue weighted by molar-refractivity contribution is -0.0835. The largest absolute Gasteiger partial charge is 0.422 e. The van der Waals surface area contributed by atoms with Crippen molar-refractivity contribution >= 4 is 15.9 Å². The second-order valence-corrected chi connectivity index (χ2v) is 2.60. The molecule has 0 aromatic carbocycles. The summed E-state index contributed by atoms with van der Waals surface area (Å²) < 4.78 is 34.1. The van der Waals surface area contributed by atoms with Crippen molar-refractivity contribution in [2.75, 3.05) is 0 Å². The summed E-state index contributed by atoms with van der Waals surface area (Å²) in [6.45, 7) is 2.80. The quantitative estimate of drug-likeness (QED) is 0.566. The van der Waals surface area contributed by atoms with E-state index in [9.17, 15) is 13.2 Å². The predicted octanol–water partition coefficient (Wildman–Crippen LogP) is 3.24. The fourth-order valence-corrected chi connectivity index (χ4v) is 0.283. The molecule has 0 spiro atoms. The van der Waals surface area contributed by atoms with Crippen LogP contribution < -0.4 is 0 Å². The summed E-state index contributed by atoms with van der Waals surface area (Å²) in [6.07, 6.45) is -4.22. The van der Waals surface area contributed by atoms with Crippen LogP contribution in [0.15, 0.2) is 10.1 Å². The lowest BCUT2D eigenvalue weighted by atomic mass is 10.3. The van der Waals surface area contributed by atoms with E-state index in [1.165, 1.54) is 13.8 Å². The summed E-state index contributed by atoms with van der Waals surface area (Å²) >= 11 is 2.42. The van der Waals surface area contributed by atoms with Gasteiger partial charge < -0.3 is 0 Å². The van der Waals surface area contributed by atoms with Crippen LogP contribution in [0, 0.1) is 0 Å². The molecule has 0 rings (SSSR count). The van der Waals surface area contributed by atoms with Gasteiger partial charge in [0.1, 0.15) is 0 Å². The average Bonchev–Trinajstić information content (AvgIpc) is 1.62. The van der Waals surface area contributed by atoms with Crippen molar-refractivity contribution in [2.24, 2.45) is 0 Å². The van der Waals surface area contributed by atoms with Crippen LogP contribution in [-0.2, 0) is 0 Å². The Morgan fingerprint density at radius 3 is 1.56 bits per heavy atom. The van der Waals surface area contributed by atoms with Crippen LogP contribution in [0.2, 0.25) is 0 Å². The molecule has 0 heterocycles. The second kappa shape index (κ2) is 2.73. The molecule has 0 unspecified atom stereocenters. The molecule has 0 fully saturated rings. The van der Waals surface area contributed by atoms with Gasteiger partial charge in [0.25, 0.3) is 0 Å². The topological polar surface area (TPSA) is 0 Å². The Bertz CT molecular complexity index is 130. The highest BCUT2D eigenvalue weighted by Crippen LogP contribution is 2.32. The number of hydrogen-bond donors (Lipinski definition) is 0. The molecule has 0 aromatic heterocycles. The molecule has 0 aliphatic heterocycles. The smallest absolute Gasteiger partial charge is 0.166 e. The first-order chi connectivity index (χ1) is 3.85. The van der Waals surface area contributed by atoms with Crippen LogP contribution in [-0.4, -0.2) is 6.18 Å². The van der Waals surface area contributed by atoms with Gasteiger partial charge in [-0.25, -0.2) is 0 Å². The minimum absolute atomic E-state index is 0.238. The minimum atomic E-state index is -4.22. The van der Waals surface area contributed by atoms with Gasteiger partial charge in [-0.15, -0.1) is 0 Å². The molecule has 0 nitrogen and oxygen atoms in total. The standard InChI is InChI=1S/C5H6BrF3/c1-3(2)4(6)5(7,8)9/h1-2H3. The van der Waals surface area contributed by atoms with Crippen LogP contribution >= 0.6 is 15.9 Å². The number of rotatable bonds is 0. The number of allylic oxidation sites excluding steroid dienone is 2. The van der Waals surface area contributed by atoms with Gasteiger partial charge in [0.15, 0.2) is 0 Å². The van der Waals surface area contributed by atoms with Gasteiger partial charge in [-0.3, -0.25) is 0 Å². The van der Waals surface area contributed by atoms with Gasteiger partial charge in [-0.1, -0.05) is 5.57 Å². The summed E-state index contributed by atoms with van der Waals surface area (Å²) in [4.78, 5) is 0. The maximum Gasteiger partial charge on any atom is 0.422 e. The van der Waals surface area contributed by atoms with Crippen molar-refractivity contribution in [3.8, 4) is 0 Å². The molecule has 0 aliphatic rings. The Morgan fingerprint density at radius 1 is 1.22 bits per heavy atom. The van der Waals surface area contributed by atoms with E-state index >= 15 is 0 Å². The summed E-state index contributed by atoms with van der Waals surface area (Å²) in [5.74, 6) is 0. The fourth-order valence-electron chi connectivity index (χ4n) is 0.283. The van der Waals surface area contributed by atoms with Crippen molar-refractivity contribution in [1.29, 1.82) is 0 Å². The summed E-state index contributed by atoms with van der Waals surface area (Å²) in [7, 11) is 0. The Hall–Kier alpha value is 0.01000. The zero-order valence-corrected chi connectivity index (χ0v) is 6.60. The zero-order chi connectivity index (χ0) is 7.65. The molecule has 0 amide bonds. The van der Waals surface area contributed by atoms with Crippen molar-refractivity contribution < 1.29 is 13.2 Å². The molecule has 0 atom stereocenters. The van der Waals surface area contributed by atoms with E-state index < -0.39 is 10.7 Å². The van der Waals surface area contributed by atoms with Crippen LogP contribution in [0.3, 0.4) is 0 Å². The third-order valence-corrected chi connectivity index (χ3v) is 1.93. The molecule has 0 bridgehead atoms. The number of hydrogen-bond acceptors (Lipinski definition) is 0. The van der Waals surface area contributed by atoms with Gasteiger partial charge in [-0.2, -0.15) is 13.2 Å². The molecule has 0 aliphatic carbocycles. The van der Waals surface area contributed by atoms with Gasteiger partial charge >= 0.3 is 6.18 Å². The van der Waals surface area contributed by atoms with E-state index in [-0.39, 0.29) is 5.57 Å². The number of alkyl halides is 3. The normalized spacial score (nSPS) is 11.3. The molecular formula is C5H6BrF3. The third kappa shape index (κ3) is 2.89. The van der Waals surface area contributed by atoms with Crippen molar-refractivity contribution in [3.05, 3.63) is 10.1 Å². The van der Waals surface area contributed by atoms with Crippen LogP contribution in [0.1, 0.15) is 13.8 Å². The number of halogens is 4. The molecule has 9 heavy (non-hydrogen) atoms. The maximum atomic E-state index is 11.6. The molecule has 0 radical (unpaired) electrons. The monoisotopic (exact) mass is 202 g/mol. The van der Waals surface area contributed by atoms with E-state index in [1.807, 2.05) is 0 Å². The van der Waals surface area contributed by atoms with Gasteiger partial charge in [0.2, 0.25) is 0 Å². The van der Waals surface area contributed by atoms with E-state index in [1.54, 1.807) is 0 Å². The molecule has 4 heteroatoms. The maximum absolute atomic E-state index is 11.6. The van der Waals surface area contributed by atoms with E-state index in [0.29, 0.717) is 0 Å². The van der Waals surface area contributed by atoms with Crippen LogP contribution in [0.5, 0.6) is 0 Å². The molecule has 0 aromatic rings. The Labute approximate surface area is 59.9 Å². The molecule has 0 N–H and O–H groups in total. The summed E-state index contributed by atoms with van der Waals surface area (Å²) in [5.41, 5.74) is 0.238. The van der Waals surface area contributed by atoms with Crippen molar-refractivity contribution in [1.82, 2.24) is 0 Å². The van der Waals surface area contributed by atoms with E-state index in [2.05, 4.69) is 15.9 Å². The van der Waals surface area contributed by atoms with Gasteiger partial charge in [-0.05, 0) is 29.8 Å². The van der Waals surface area contributed by atoms with Crippen LogP contribution in [0.4, 0.5) is 13.2 Å². The summed E-state index contributed by atoms with van der Waals surface area (Å²) in [5, 5.41) is 0. The first-order valence-corrected chi connectivity index (χ1v) is 3.05. The van der Waals surface area contributed by atoms with E-state index in [0.717, 1.165) is 0 Å². The SMILES string of the molecule is CC(C)=C(Br)C(F)(F)F. The van der Waals surface area contributed by atoms with Gasteiger partial charge in [0.05, 0.1) is 4.48 Å². The van der Waals surface area contributed by atoms with Crippen molar-refractivity contribution in [2.45, 2.75) is 20.0 Å². The lowest BCUT2D eigenvalue weighted by Crippen LogP contribution is -2.07. The molecule has 54 valence electrons. The Kier molecular flexibility index (Phi) is 2.73. The molecule has 0 saturated heterocycles. The third-order valence-electron chi connectivity index (χ3n) is 0.688. The van der Waals surface area contributed by atoms with Gasteiger partial charge in [0, 0.05) is 0 Å². The van der Waals surface area contributed by atoms with Crippen LogP contribution in [0.25, 0.3) is 0 Å². The Balaban J connectivity index is 4.40. The first kappa shape index (κ1) is 9.01. The lowest BCUT2D eigenvalue weighted by Gasteiger charge is -2.05. The summed E-state index contributed by atoms with van der Waals surface area (Å²) in [6, 6.07) is 0. The first-order valence-electron chi connectivity index (χ1n) is 2.26. The highest BCUT2D eigenvalue weighted by molar-refractivity contribution is 9.11. The minimum Gasteiger partial charge on any atom is -0.166 e. The second-order valence-electron chi connectivity index (χ2n) is 1.81. The van der Waals surface area contributed by atoms with Crippen molar-refractivity contribution in [3.63, 3.8) is 0 Å². The van der Waals surface area contributed by atoms with E-state index in [4.69, 9.17) is 0 Å². The molecule has 0 saturated carbocycles. The predicted molar refractivity (Wildman–Crippen MR) is 33.4 cm³/mol. The Morgan fingerprint density at radius 2 is 1.56 bits per heavy atom. The fraction of sp³-hybridized carbons (Fsp3) is 0.600. The highest BCUT2D eigenvalue weighted by atomic mass is 79.9.